The van der Waals surface area contributed by atoms with Crippen molar-refractivity contribution in [2.45, 2.75) is 6.92 Å². The number of nitrogens with zero attached hydrogens (tertiary/aromatic N) is 1. The van der Waals surface area contributed by atoms with Crippen LogP contribution in [-0.4, -0.2) is 32.6 Å². The third-order valence-electron chi connectivity index (χ3n) is 3.79. The van der Waals surface area contributed by atoms with Gasteiger partial charge in [0, 0.05) is 37.0 Å². The predicted octanol–water partition coefficient (Wildman–Crippen LogP) is 2.94. The van der Waals surface area contributed by atoms with Crippen molar-refractivity contribution in [2.24, 2.45) is 0 Å². The molecule has 3 rings (SSSR count). The van der Waals surface area contributed by atoms with E-state index >= 15 is 0 Å². The van der Waals surface area contributed by atoms with Gasteiger partial charge in [-0.3, -0.25) is 9.59 Å². The molecule has 1 heterocycles. The molecule has 0 radical (unpaired) electrons. The molecule has 1 amide bonds. The topological polar surface area (TPSA) is 67.9 Å². The third-order valence-corrected chi connectivity index (χ3v) is 3.79. The summed E-state index contributed by atoms with van der Waals surface area (Å²) < 4.78 is 10.6. The summed E-state index contributed by atoms with van der Waals surface area (Å²) in [7, 11) is 3.86. The van der Waals surface area contributed by atoms with Gasteiger partial charge >= 0.3 is 0 Å². The molecular formula is C18H18N2O4. The Morgan fingerprint density at radius 2 is 1.67 bits per heavy atom. The minimum atomic E-state index is -0.290. The lowest BCUT2D eigenvalue weighted by molar-refractivity contribution is 0.101. The first-order valence-corrected chi connectivity index (χ1v) is 7.49. The number of hydrogen-bond acceptors (Lipinski definition) is 5. The van der Waals surface area contributed by atoms with Crippen LogP contribution in [0.2, 0.25) is 0 Å². The number of fused-ring (bicyclic) bond motifs is 1. The molecule has 24 heavy (non-hydrogen) atoms. The Bertz CT molecular complexity index is 797. The van der Waals surface area contributed by atoms with Gasteiger partial charge in [0.05, 0.1) is 5.69 Å². The second-order valence-corrected chi connectivity index (χ2v) is 5.70. The zero-order valence-corrected chi connectivity index (χ0v) is 13.8. The van der Waals surface area contributed by atoms with Crippen molar-refractivity contribution >= 4 is 23.1 Å². The van der Waals surface area contributed by atoms with Gasteiger partial charge in [-0.15, -0.1) is 0 Å². The van der Waals surface area contributed by atoms with E-state index in [1.165, 1.54) is 6.92 Å². The van der Waals surface area contributed by atoms with Gasteiger partial charge in [-0.2, -0.15) is 0 Å². The van der Waals surface area contributed by atoms with Gasteiger partial charge in [0.15, 0.2) is 17.3 Å². The van der Waals surface area contributed by atoms with Crippen molar-refractivity contribution in [3.05, 3.63) is 47.5 Å². The van der Waals surface area contributed by atoms with Crippen molar-refractivity contribution < 1.29 is 19.1 Å². The molecule has 6 heteroatoms. The van der Waals surface area contributed by atoms with Gasteiger partial charge in [-0.05, 0) is 37.3 Å². The molecule has 0 atom stereocenters. The summed E-state index contributed by atoms with van der Waals surface area (Å²) in [6.45, 7) is 1.55. The van der Waals surface area contributed by atoms with Crippen molar-refractivity contribution in [1.82, 2.24) is 0 Å². The smallest absolute Gasteiger partial charge is 0.255 e. The van der Waals surface area contributed by atoms with E-state index in [0.717, 1.165) is 5.69 Å². The largest absolute Gasteiger partial charge is 0.454 e. The van der Waals surface area contributed by atoms with E-state index in [2.05, 4.69) is 5.32 Å². The van der Waals surface area contributed by atoms with E-state index < -0.39 is 0 Å². The molecule has 6 nitrogen and oxygen atoms in total. The number of Topliss-reactive ketones (excluding diaryl/α,β-unsaturated/α-hetero) is 1. The molecule has 0 aromatic heterocycles. The average molecular weight is 326 g/mol. The fourth-order valence-corrected chi connectivity index (χ4v) is 2.44. The number of benzene rings is 2. The molecule has 1 N–H and O–H groups in total. The fourth-order valence-electron chi connectivity index (χ4n) is 2.44. The number of anilines is 2. The van der Waals surface area contributed by atoms with Crippen LogP contribution < -0.4 is 19.7 Å². The number of carbonyl (C=O) groups is 2. The predicted molar refractivity (Wildman–Crippen MR) is 91.3 cm³/mol. The van der Waals surface area contributed by atoms with Crippen molar-refractivity contribution in [3.8, 4) is 11.5 Å². The van der Waals surface area contributed by atoms with E-state index in [4.69, 9.17) is 9.47 Å². The number of amides is 1. The number of rotatable bonds is 4. The summed E-state index contributed by atoms with van der Waals surface area (Å²) in [5.74, 6) is 0.569. The highest BCUT2D eigenvalue weighted by Crippen LogP contribution is 2.37. The lowest BCUT2D eigenvalue weighted by Gasteiger charge is -2.13. The highest BCUT2D eigenvalue weighted by Gasteiger charge is 2.20. The van der Waals surface area contributed by atoms with E-state index in [1.807, 2.05) is 31.1 Å². The maximum Gasteiger partial charge on any atom is 0.255 e. The first kappa shape index (κ1) is 15.9. The van der Waals surface area contributed by atoms with Crippen LogP contribution in [0.1, 0.15) is 27.6 Å². The minimum Gasteiger partial charge on any atom is -0.454 e. The molecule has 0 spiro atoms. The molecule has 0 saturated carbocycles. The normalized spacial score (nSPS) is 12.0. The Balaban J connectivity index is 1.87. The zero-order chi connectivity index (χ0) is 17.3. The number of carbonyl (C=O) groups excluding carboxylic acids is 2. The molecule has 0 aliphatic carbocycles. The zero-order valence-electron chi connectivity index (χ0n) is 13.8. The van der Waals surface area contributed by atoms with Gasteiger partial charge in [0.2, 0.25) is 6.79 Å². The molecule has 0 saturated heterocycles. The molecule has 1 aliphatic rings. The van der Waals surface area contributed by atoms with E-state index in [0.29, 0.717) is 28.3 Å². The minimum absolute atomic E-state index is 0.107. The van der Waals surface area contributed by atoms with E-state index in [1.54, 1.807) is 24.3 Å². The quantitative estimate of drug-likeness (QED) is 0.875. The van der Waals surface area contributed by atoms with Gasteiger partial charge in [0.1, 0.15) is 0 Å². The van der Waals surface area contributed by atoms with Crippen LogP contribution in [0.25, 0.3) is 0 Å². The second kappa shape index (κ2) is 6.23. The van der Waals surface area contributed by atoms with Crippen molar-refractivity contribution in [3.63, 3.8) is 0 Å². The van der Waals surface area contributed by atoms with Gasteiger partial charge in [-0.1, -0.05) is 0 Å². The van der Waals surface area contributed by atoms with Crippen LogP contribution in [-0.2, 0) is 0 Å². The lowest BCUT2D eigenvalue weighted by atomic mass is 10.1. The Hall–Kier alpha value is -3.02. The van der Waals surface area contributed by atoms with Crippen LogP contribution in [0.3, 0.4) is 0 Å². The molecule has 1 aliphatic heterocycles. The van der Waals surface area contributed by atoms with Crippen LogP contribution >= 0.6 is 0 Å². The summed E-state index contributed by atoms with van der Waals surface area (Å²) in [4.78, 5) is 26.3. The van der Waals surface area contributed by atoms with Crippen LogP contribution in [0.15, 0.2) is 36.4 Å². The standard InChI is InChI=1S/C18H18N2O4/c1-11(21)14-8-16-17(24-10-23-16)9-15(14)19-18(22)12-4-6-13(7-5-12)20(2)3/h4-9H,10H2,1-3H3,(H,19,22). The number of nitrogens with one attached hydrogen (secondary N) is 1. The molecule has 2 aromatic rings. The maximum absolute atomic E-state index is 12.5. The van der Waals surface area contributed by atoms with E-state index in [9.17, 15) is 9.59 Å². The lowest BCUT2D eigenvalue weighted by Crippen LogP contribution is -2.15. The highest BCUT2D eigenvalue weighted by molar-refractivity contribution is 6.09. The van der Waals surface area contributed by atoms with Gasteiger partial charge in [0.25, 0.3) is 5.91 Å². The highest BCUT2D eigenvalue weighted by atomic mass is 16.7. The van der Waals surface area contributed by atoms with Crippen molar-refractivity contribution in [2.75, 3.05) is 31.1 Å². The summed E-state index contributed by atoms with van der Waals surface area (Å²) in [6.07, 6.45) is 0. The molecule has 0 unspecified atom stereocenters. The summed E-state index contributed by atoms with van der Waals surface area (Å²) in [5, 5.41) is 2.78. The second-order valence-electron chi connectivity index (χ2n) is 5.70. The molecular weight excluding hydrogens is 308 g/mol. The molecule has 124 valence electrons. The Morgan fingerprint density at radius 3 is 2.25 bits per heavy atom. The molecule has 2 aromatic carbocycles. The monoisotopic (exact) mass is 326 g/mol. The first-order valence-electron chi connectivity index (χ1n) is 7.49. The number of ether oxygens (including phenoxy) is 2. The number of ketones is 1. The Kier molecular flexibility index (Phi) is 4.12. The number of hydrogen-bond donors (Lipinski definition) is 1. The average Bonchev–Trinajstić information content (AvgIpc) is 3.01. The third kappa shape index (κ3) is 3.03. The van der Waals surface area contributed by atoms with Gasteiger partial charge < -0.3 is 19.7 Å². The summed E-state index contributed by atoms with van der Waals surface area (Å²) in [6, 6.07) is 10.4. The van der Waals surface area contributed by atoms with Crippen LogP contribution in [0, 0.1) is 0 Å². The van der Waals surface area contributed by atoms with E-state index in [-0.39, 0.29) is 18.5 Å². The van der Waals surface area contributed by atoms with Gasteiger partial charge in [-0.25, -0.2) is 0 Å². The molecule has 0 bridgehead atoms. The summed E-state index contributed by atoms with van der Waals surface area (Å²) >= 11 is 0. The first-order chi connectivity index (χ1) is 11.5. The summed E-state index contributed by atoms with van der Waals surface area (Å²) in [5.41, 5.74) is 2.30. The fraction of sp³-hybridized carbons (Fsp3) is 0.222. The SMILES string of the molecule is CC(=O)c1cc2c(cc1NC(=O)c1ccc(N(C)C)cc1)OCO2. The Morgan fingerprint density at radius 1 is 1.04 bits per heavy atom. The van der Waals surface area contributed by atoms with Crippen LogP contribution in [0.4, 0.5) is 11.4 Å². The van der Waals surface area contributed by atoms with Crippen LogP contribution in [0.5, 0.6) is 11.5 Å². The van der Waals surface area contributed by atoms with Crippen molar-refractivity contribution in [1.29, 1.82) is 0 Å². The molecule has 0 fully saturated rings. The maximum atomic E-state index is 12.5. The Labute approximate surface area is 140 Å².